The third-order valence-corrected chi connectivity index (χ3v) is 7.31. The standard InChI is InChI=1S/C21H23ClN2O2S2/c1-14-19(27-20(24-14)15-5-9-17(22)10-6-15)13-23-28(25,26)18-11-7-16(8-12-18)21(2,3)4/h5-12,23H,13H2,1-4H3. The number of benzene rings is 2. The maximum atomic E-state index is 12.7. The first-order valence-electron chi connectivity index (χ1n) is 8.89. The summed E-state index contributed by atoms with van der Waals surface area (Å²) in [6.45, 7) is 8.39. The van der Waals surface area contributed by atoms with Crippen molar-refractivity contribution in [3.05, 3.63) is 69.7 Å². The monoisotopic (exact) mass is 434 g/mol. The van der Waals surface area contributed by atoms with Gasteiger partial charge in [0.15, 0.2) is 0 Å². The number of nitrogens with zero attached hydrogens (tertiary/aromatic N) is 1. The molecule has 1 N–H and O–H groups in total. The molecule has 28 heavy (non-hydrogen) atoms. The molecule has 4 nitrogen and oxygen atoms in total. The van der Waals surface area contributed by atoms with Crippen LogP contribution in [0, 0.1) is 6.92 Å². The highest BCUT2D eigenvalue weighted by molar-refractivity contribution is 7.89. The normalized spacial score (nSPS) is 12.3. The lowest BCUT2D eigenvalue weighted by Gasteiger charge is -2.19. The van der Waals surface area contributed by atoms with E-state index in [9.17, 15) is 8.42 Å². The highest BCUT2D eigenvalue weighted by Gasteiger charge is 2.18. The molecule has 2 aromatic carbocycles. The van der Waals surface area contributed by atoms with Gasteiger partial charge in [-0.25, -0.2) is 18.1 Å². The molecule has 3 rings (SSSR count). The molecule has 0 aliphatic carbocycles. The lowest BCUT2D eigenvalue weighted by atomic mass is 9.87. The van der Waals surface area contributed by atoms with E-state index < -0.39 is 10.0 Å². The second-order valence-electron chi connectivity index (χ2n) is 7.63. The number of hydrogen-bond acceptors (Lipinski definition) is 4. The number of nitrogens with one attached hydrogen (secondary N) is 1. The van der Waals surface area contributed by atoms with Gasteiger partial charge in [-0.15, -0.1) is 11.3 Å². The third kappa shape index (κ3) is 4.81. The first-order chi connectivity index (χ1) is 13.1. The Labute approximate surface area is 175 Å². The molecule has 1 heterocycles. The Hall–Kier alpha value is -1.73. The van der Waals surface area contributed by atoms with Gasteiger partial charge in [0, 0.05) is 22.0 Å². The molecule has 7 heteroatoms. The summed E-state index contributed by atoms with van der Waals surface area (Å²) in [6.07, 6.45) is 0. The van der Waals surface area contributed by atoms with Gasteiger partial charge in [-0.3, -0.25) is 0 Å². The molecular weight excluding hydrogens is 412 g/mol. The average molecular weight is 435 g/mol. The summed E-state index contributed by atoms with van der Waals surface area (Å²) < 4.78 is 28.0. The lowest BCUT2D eigenvalue weighted by Crippen LogP contribution is -2.23. The van der Waals surface area contributed by atoms with Crippen LogP contribution in [0.25, 0.3) is 10.6 Å². The average Bonchev–Trinajstić information content (AvgIpc) is 3.01. The fourth-order valence-electron chi connectivity index (χ4n) is 2.69. The number of hydrogen-bond donors (Lipinski definition) is 1. The molecule has 0 saturated carbocycles. The quantitative estimate of drug-likeness (QED) is 0.572. The summed E-state index contributed by atoms with van der Waals surface area (Å²) in [7, 11) is -3.59. The maximum absolute atomic E-state index is 12.7. The smallest absolute Gasteiger partial charge is 0.240 e. The molecule has 0 aliphatic heterocycles. The van der Waals surface area contributed by atoms with Crippen molar-refractivity contribution < 1.29 is 8.42 Å². The van der Waals surface area contributed by atoms with Gasteiger partial charge in [0.2, 0.25) is 10.0 Å². The van der Waals surface area contributed by atoms with E-state index in [-0.39, 0.29) is 16.9 Å². The Bertz CT molecular complexity index is 1070. The minimum absolute atomic E-state index is 0.0203. The first kappa shape index (κ1) is 21.0. The van der Waals surface area contributed by atoms with Crippen LogP contribution in [-0.4, -0.2) is 13.4 Å². The van der Waals surface area contributed by atoms with E-state index in [1.807, 2.05) is 43.3 Å². The van der Waals surface area contributed by atoms with Crippen LogP contribution in [0.1, 0.15) is 36.9 Å². The van der Waals surface area contributed by atoms with Crippen LogP contribution in [0.4, 0.5) is 0 Å². The Kier molecular flexibility index (Phi) is 5.96. The molecule has 0 atom stereocenters. The van der Waals surface area contributed by atoms with Crippen LogP contribution in [0.5, 0.6) is 0 Å². The molecule has 1 aromatic heterocycles. The SMILES string of the molecule is Cc1nc(-c2ccc(Cl)cc2)sc1CNS(=O)(=O)c1ccc(C(C)(C)C)cc1. The molecule has 0 radical (unpaired) electrons. The number of rotatable bonds is 5. The Balaban J connectivity index is 1.75. The topological polar surface area (TPSA) is 59.1 Å². The molecule has 0 unspecified atom stereocenters. The summed E-state index contributed by atoms with van der Waals surface area (Å²) in [6, 6.07) is 14.5. The van der Waals surface area contributed by atoms with Crippen LogP contribution >= 0.6 is 22.9 Å². The fraction of sp³-hybridized carbons (Fsp3) is 0.286. The van der Waals surface area contributed by atoms with Crippen molar-refractivity contribution in [1.29, 1.82) is 0 Å². The second kappa shape index (κ2) is 7.95. The van der Waals surface area contributed by atoms with Gasteiger partial charge in [0.05, 0.1) is 10.6 Å². The largest absolute Gasteiger partial charge is 0.241 e. The summed E-state index contributed by atoms with van der Waals surface area (Å²) in [4.78, 5) is 5.72. The zero-order valence-corrected chi connectivity index (χ0v) is 18.7. The molecule has 0 aliphatic rings. The van der Waals surface area contributed by atoms with E-state index in [1.54, 1.807) is 12.1 Å². The number of sulfonamides is 1. The summed E-state index contributed by atoms with van der Waals surface area (Å²) in [5.74, 6) is 0. The summed E-state index contributed by atoms with van der Waals surface area (Å²) in [5, 5.41) is 1.51. The van der Waals surface area contributed by atoms with Gasteiger partial charge >= 0.3 is 0 Å². The molecular formula is C21H23ClN2O2S2. The Morgan fingerprint density at radius 3 is 2.21 bits per heavy atom. The van der Waals surface area contributed by atoms with Crippen LogP contribution < -0.4 is 4.72 Å². The van der Waals surface area contributed by atoms with Crippen LogP contribution in [0.15, 0.2) is 53.4 Å². The highest BCUT2D eigenvalue weighted by atomic mass is 35.5. The maximum Gasteiger partial charge on any atom is 0.240 e. The van der Waals surface area contributed by atoms with E-state index >= 15 is 0 Å². The van der Waals surface area contributed by atoms with Crippen molar-refractivity contribution in [1.82, 2.24) is 9.71 Å². The zero-order chi connectivity index (χ0) is 20.5. The summed E-state index contributed by atoms with van der Waals surface area (Å²) in [5.41, 5.74) is 2.86. The predicted molar refractivity (Wildman–Crippen MR) is 116 cm³/mol. The molecule has 0 amide bonds. The van der Waals surface area contributed by atoms with Gasteiger partial charge in [-0.05, 0) is 42.2 Å². The van der Waals surface area contributed by atoms with Crippen molar-refractivity contribution >= 4 is 33.0 Å². The summed E-state index contributed by atoms with van der Waals surface area (Å²) >= 11 is 7.41. The van der Waals surface area contributed by atoms with E-state index in [0.717, 1.165) is 26.7 Å². The first-order valence-corrected chi connectivity index (χ1v) is 11.6. The van der Waals surface area contributed by atoms with E-state index in [4.69, 9.17) is 11.6 Å². The Morgan fingerprint density at radius 1 is 1.04 bits per heavy atom. The van der Waals surface area contributed by atoms with Crippen LogP contribution in [0.3, 0.4) is 0 Å². The van der Waals surface area contributed by atoms with E-state index in [2.05, 4.69) is 30.5 Å². The molecule has 148 valence electrons. The predicted octanol–water partition coefficient (Wildman–Crippen LogP) is 5.55. The number of halogens is 1. The van der Waals surface area contributed by atoms with Gasteiger partial charge in [0.25, 0.3) is 0 Å². The molecule has 0 saturated heterocycles. The molecule has 0 bridgehead atoms. The minimum atomic E-state index is -3.59. The van der Waals surface area contributed by atoms with Crippen molar-refractivity contribution in [3.63, 3.8) is 0 Å². The lowest BCUT2D eigenvalue weighted by molar-refractivity contribution is 0.578. The molecule has 3 aromatic rings. The minimum Gasteiger partial charge on any atom is -0.241 e. The van der Waals surface area contributed by atoms with Crippen molar-refractivity contribution in [2.45, 2.75) is 44.6 Å². The van der Waals surface area contributed by atoms with Gasteiger partial charge < -0.3 is 0 Å². The van der Waals surface area contributed by atoms with Crippen molar-refractivity contribution in [3.8, 4) is 10.6 Å². The third-order valence-electron chi connectivity index (χ3n) is 4.44. The van der Waals surface area contributed by atoms with E-state index in [0.29, 0.717) is 5.02 Å². The van der Waals surface area contributed by atoms with Crippen LogP contribution in [0.2, 0.25) is 5.02 Å². The van der Waals surface area contributed by atoms with E-state index in [1.165, 1.54) is 11.3 Å². The number of aromatic nitrogens is 1. The number of thiazole rings is 1. The molecule has 0 fully saturated rings. The van der Waals surface area contributed by atoms with Gasteiger partial charge in [0.1, 0.15) is 5.01 Å². The second-order valence-corrected chi connectivity index (χ2v) is 10.9. The van der Waals surface area contributed by atoms with Gasteiger partial charge in [-0.1, -0.05) is 56.6 Å². The molecule has 0 spiro atoms. The highest BCUT2D eigenvalue weighted by Crippen LogP contribution is 2.29. The van der Waals surface area contributed by atoms with Crippen molar-refractivity contribution in [2.75, 3.05) is 0 Å². The van der Waals surface area contributed by atoms with Crippen molar-refractivity contribution in [2.24, 2.45) is 0 Å². The number of aryl methyl sites for hydroxylation is 1. The zero-order valence-electron chi connectivity index (χ0n) is 16.3. The Morgan fingerprint density at radius 2 is 1.64 bits per heavy atom. The fourth-order valence-corrected chi connectivity index (χ4v) is 4.91. The van der Waals surface area contributed by atoms with Crippen LogP contribution in [-0.2, 0) is 22.0 Å². The van der Waals surface area contributed by atoms with Gasteiger partial charge in [-0.2, -0.15) is 0 Å².